The maximum Gasteiger partial charge on any atom is 0.0961 e. The van der Waals surface area contributed by atoms with Crippen molar-refractivity contribution >= 4 is 16.7 Å². The zero-order valence-electron chi connectivity index (χ0n) is 10.4. The normalized spacial score (nSPS) is 14.2. The first-order valence-corrected chi connectivity index (χ1v) is 5.61. The lowest BCUT2D eigenvalue weighted by Gasteiger charge is -2.28. The molecule has 0 aliphatic rings. The molecule has 0 aliphatic carbocycles. The quantitative estimate of drug-likeness (QED) is 0.745. The van der Waals surface area contributed by atoms with Gasteiger partial charge in [0.1, 0.15) is 0 Å². The molecule has 1 aromatic heterocycles. The van der Waals surface area contributed by atoms with Crippen molar-refractivity contribution in [1.82, 2.24) is 9.55 Å². The van der Waals surface area contributed by atoms with Crippen LogP contribution in [0.5, 0.6) is 0 Å². The van der Waals surface area contributed by atoms with Crippen LogP contribution in [0, 0.1) is 5.41 Å². The average molecular weight is 217 g/mol. The Kier molecular flexibility index (Phi) is 2.41. The van der Waals surface area contributed by atoms with Gasteiger partial charge in [0.2, 0.25) is 0 Å². The highest BCUT2D eigenvalue weighted by molar-refractivity contribution is 5.79. The number of nitrogens with two attached hydrogens (primary N) is 1. The van der Waals surface area contributed by atoms with E-state index in [-0.39, 0.29) is 5.41 Å². The zero-order valence-corrected chi connectivity index (χ0v) is 10.4. The SMILES string of the molecule is CC(n1cnc2cc(N)ccc21)C(C)(C)C. The molecule has 2 rings (SSSR count). The van der Waals surface area contributed by atoms with E-state index in [4.69, 9.17) is 5.73 Å². The van der Waals surface area contributed by atoms with Crippen LogP contribution in [0.15, 0.2) is 24.5 Å². The van der Waals surface area contributed by atoms with Crippen molar-refractivity contribution in [3.8, 4) is 0 Å². The van der Waals surface area contributed by atoms with Gasteiger partial charge >= 0.3 is 0 Å². The first kappa shape index (κ1) is 11.0. The standard InChI is InChI=1S/C13H19N3/c1-9(13(2,3)4)16-8-15-11-7-10(14)5-6-12(11)16/h5-9H,14H2,1-4H3. The molecule has 1 unspecified atom stereocenters. The van der Waals surface area contributed by atoms with Crippen LogP contribution in [-0.4, -0.2) is 9.55 Å². The van der Waals surface area contributed by atoms with Crippen LogP contribution in [-0.2, 0) is 0 Å². The Morgan fingerprint density at radius 1 is 1.31 bits per heavy atom. The minimum absolute atomic E-state index is 0.217. The number of benzene rings is 1. The first-order chi connectivity index (χ1) is 7.39. The number of rotatable bonds is 1. The minimum atomic E-state index is 0.217. The topological polar surface area (TPSA) is 43.8 Å². The molecule has 0 amide bonds. The summed E-state index contributed by atoms with van der Waals surface area (Å²) in [6.07, 6.45) is 1.90. The third-order valence-electron chi connectivity index (χ3n) is 3.27. The van der Waals surface area contributed by atoms with Crippen LogP contribution in [0.2, 0.25) is 0 Å². The molecule has 3 heteroatoms. The van der Waals surface area contributed by atoms with E-state index in [1.807, 2.05) is 24.5 Å². The summed E-state index contributed by atoms with van der Waals surface area (Å²) in [5, 5.41) is 0. The summed E-state index contributed by atoms with van der Waals surface area (Å²) in [5.41, 5.74) is 8.85. The monoisotopic (exact) mass is 217 g/mol. The van der Waals surface area contributed by atoms with E-state index in [0.29, 0.717) is 6.04 Å². The van der Waals surface area contributed by atoms with Gasteiger partial charge in [-0.1, -0.05) is 20.8 Å². The molecule has 0 fully saturated rings. The highest BCUT2D eigenvalue weighted by Gasteiger charge is 2.22. The number of fused-ring (bicyclic) bond motifs is 1. The molecular weight excluding hydrogens is 198 g/mol. The lowest BCUT2D eigenvalue weighted by molar-refractivity contribution is 0.267. The summed E-state index contributed by atoms with van der Waals surface area (Å²) in [7, 11) is 0. The zero-order chi connectivity index (χ0) is 11.9. The van der Waals surface area contributed by atoms with E-state index in [1.54, 1.807) is 0 Å². The summed E-state index contributed by atoms with van der Waals surface area (Å²) in [5.74, 6) is 0. The Labute approximate surface area is 96.3 Å². The van der Waals surface area contributed by atoms with Crippen molar-refractivity contribution in [1.29, 1.82) is 0 Å². The maximum absolute atomic E-state index is 5.75. The van der Waals surface area contributed by atoms with Crippen molar-refractivity contribution in [2.24, 2.45) is 5.41 Å². The Bertz CT molecular complexity index is 505. The van der Waals surface area contributed by atoms with Gasteiger partial charge in [-0.2, -0.15) is 0 Å². The van der Waals surface area contributed by atoms with Gasteiger partial charge in [-0.3, -0.25) is 0 Å². The third-order valence-corrected chi connectivity index (χ3v) is 3.27. The molecule has 1 aromatic carbocycles. The van der Waals surface area contributed by atoms with E-state index in [0.717, 1.165) is 16.7 Å². The fourth-order valence-electron chi connectivity index (χ4n) is 1.77. The van der Waals surface area contributed by atoms with E-state index >= 15 is 0 Å². The van der Waals surface area contributed by atoms with Crippen LogP contribution in [0.4, 0.5) is 5.69 Å². The predicted octanol–water partition coefficient (Wildman–Crippen LogP) is 3.23. The van der Waals surface area contributed by atoms with Crippen molar-refractivity contribution in [3.63, 3.8) is 0 Å². The van der Waals surface area contributed by atoms with Crippen LogP contribution < -0.4 is 5.73 Å². The largest absolute Gasteiger partial charge is 0.399 e. The molecule has 0 bridgehead atoms. The summed E-state index contributed by atoms with van der Waals surface area (Å²) in [4.78, 5) is 4.40. The number of hydrogen-bond acceptors (Lipinski definition) is 2. The number of hydrogen-bond donors (Lipinski definition) is 1. The van der Waals surface area contributed by atoms with Crippen molar-refractivity contribution in [2.45, 2.75) is 33.7 Å². The molecule has 16 heavy (non-hydrogen) atoms. The molecule has 86 valence electrons. The van der Waals surface area contributed by atoms with Crippen molar-refractivity contribution in [2.75, 3.05) is 5.73 Å². The van der Waals surface area contributed by atoms with Gasteiger partial charge in [0.15, 0.2) is 0 Å². The van der Waals surface area contributed by atoms with Crippen LogP contribution >= 0.6 is 0 Å². The number of imidazole rings is 1. The molecule has 0 saturated heterocycles. The lowest BCUT2D eigenvalue weighted by atomic mass is 9.88. The summed E-state index contributed by atoms with van der Waals surface area (Å²) < 4.78 is 2.22. The molecule has 1 atom stereocenters. The number of nitrogen functional groups attached to an aromatic ring is 1. The predicted molar refractivity (Wildman–Crippen MR) is 68.3 cm³/mol. The molecule has 2 aromatic rings. The van der Waals surface area contributed by atoms with E-state index in [2.05, 4.69) is 37.2 Å². The fraction of sp³-hybridized carbons (Fsp3) is 0.462. The lowest BCUT2D eigenvalue weighted by Crippen LogP contribution is -2.20. The fourth-order valence-corrected chi connectivity index (χ4v) is 1.77. The second kappa shape index (κ2) is 3.51. The Hall–Kier alpha value is -1.51. The smallest absolute Gasteiger partial charge is 0.0961 e. The molecule has 3 nitrogen and oxygen atoms in total. The first-order valence-electron chi connectivity index (χ1n) is 5.61. The second-order valence-corrected chi connectivity index (χ2v) is 5.44. The van der Waals surface area contributed by atoms with Crippen LogP contribution in [0.3, 0.4) is 0 Å². The maximum atomic E-state index is 5.75. The second-order valence-electron chi connectivity index (χ2n) is 5.44. The van der Waals surface area contributed by atoms with E-state index in [1.165, 1.54) is 0 Å². The van der Waals surface area contributed by atoms with Crippen LogP contribution in [0.25, 0.3) is 11.0 Å². The Morgan fingerprint density at radius 2 is 2.00 bits per heavy atom. The third kappa shape index (κ3) is 1.77. The van der Waals surface area contributed by atoms with E-state index in [9.17, 15) is 0 Å². The van der Waals surface area contributed by atoms with Gasteiger partial charge in [-0.15, -0.1) is 0 Å². The molecule has 0 aliphatic heterocycles. The number of aromatic nitrogens is 2. The van der Waals surface area contributed by atoms with Gasteiger partial charge in [0, 0.05) is 11.7 Å². The number of nitrogens with zero attached hydrogens (tertiary/aromatic N) is 2. The molecule has 1 heterocycles. The molecule has 2 N–H and O–H groups in total. The summed E-state index contributed by atoms with van der Waals surface area (Å²) in [6.45, 7) is 8.93. The molecule has 0 saturated carbocycles. The van der Waals surface area contributed by atoms with E-state index < -0.39 is 0 Å². The average Bonchev–Trinajstić information content (AvgIpc) is 2.57. The highest BCUT2D eigenvalue weighted by Crippen LogP contribution is 2.32. The Balaban J connectivity index is 2.54. The summed E-state index contributed by atoms with van der Waals surface area (Å²) in [6, 6.07) is 6.29. The highest BCUT2D eigenvalue weighted by atomic mass is 15.1. The summed E-state index contributed by atoms with van der Waals surface area (Å²) >= 11 is 0. The Morgan fingerprint density at radius 3 is 2.62 bits per heavy atom. The molecular formula is C13H19N3. The van der Waals surface area contributed by atoms with Gasteiger partial charge in [0.05, 0.1) is 17.4 Å². The van der Waals surface area contributed by atoms with Crippen molar-refractivity contribution < 1.29 is 0 Å². The minimum Gasteiger partial charge on any atom is -0.399 e. The van der Waals surface area contributed by atoms with Gasteiger partial charge in [-0.05, 0) is 30.5 Å². The molecule has 0 spiro atoms. The van der Waals surface area contributed by atoms with Gasteiger partial charge < -0.3 is 10.3 Å². The van der Waals surface area contributed by atoms with Gasteiger partial charge in [0.25, 0.3) is 0 Å². The van der Waals surface area contributed by atoms with Crippen molar-refractivity contribution in [3.05, 3.63) is 24.5 Å². The van der Waals surface area contributed by atoms with Gasteiger partial charge in [-0.25, -0.2) is 4.98 Å². The number of anilines is 1. The van der Waals surface area contributed by atoms with Crippen LogP contribution in [0.1, 0.15) is 33.7 Å². The molecule has 0 radical (unpaired) electrons.